The highest BCUT2D eigenvalue weighted by Crippen LogP contribution is 2.35. The third kappa shape index (κ3) is 7.56. The van der Waals surface area contributed by atoms with Crippen LogP contribution in [-0.2, 0) is 0 Å². The average molecular weight is 535 g/mol. The van der Waals surface area contributed by atoms with Gasteiger partial charge in [0.15, 0.2) is 11.6 Å². The summed E-state index contributed by atoms with van der Waals surface area (Å²) in [7, 11) is 0. The summed E-state index contributed by atoms with van der Waals surface area (Å²) in [5.74, 6) is -1.49. The molecule has 0 saturated carbocycles. The molecule has 0 N–H and O–H groups in total. The van der Waals surface area contributed by atoms with Gasteiger partial charge < -0.3 is 4.74 Å². The monoisotopic (exact) mass is 534 g/mol. The molecule has 0 radical (unpaired) electrons. The van der Waals surface area contributed by atoms with E-state index in [9.17, 15) is 8.78 Å². The predicted molar refractivity (Wildman–Crippen MR) is 156 cm³/mol. The van der Waals surface area contributed by atoms with E-state index in [1.165, 1.54) is 43.7 Å². The molecule has 4 heteroatoms. The second-order valence-electron chi connectivity index (χ2n) is 10.8. The van der Waals surface area contributed by atoms with Gasteiger partial charge in [0.2, 0.25) is 5.82 Å². The van der Waals surface area contributed by atoms with Crippen LogP contribution in [0.2, 0.25) is 0 Å². The lowest BCUT2D eigenvalue weighted by Gasteiger charge is -2.22. The van der Waals surface area contributed by atoms with Gasteiger partial charge in [0, 0.05) is 11.1 Å². The van der Waals surface area contributed by atoms with Crippen LogP contribution in [0.4, 0.5) is 13.2 Å². The first-order valence-electron chi connectivity index (χ1n) is 14.7. The van der Waals surface area contributed by atoms with E-state index < -0.39 is 11.6 Å². The van der Waals surface area contributed by atoms with Crippen LogP contribution in [0.3, 0.4) is 0 Å². The lowest BCUT2D eigenvalue weighted by atomic mass is 9.84. The van der Waals surface area contributed by atoms with Crippen LogP contribution in [0.1, 0.15) is 90.0 Å². The third-order valence-corrected chi connectivity index (χ3v) is 7.87. The summed E-state index contributed by atoms with van der Waals surface area (Å²) < 4.78 is 50.3. The molecule has 1 aliphatic rings. The molecule has 0 bridgehead atoms. The molecule has 3 aromatic rings. The number of benzene rings is 3. The van der Waals surface area contributed by atoms with Crippen LogP contribution in [-0.4, -0.2) is 6.61 Å². The van der Waals surface area contributed by atoms with Gasteiger partial charge in [-0.2, -0.15) is 4.39 Å². The van der Waals surface area contributed by atoms with Crippen LogP contribution in [0.15, 0.2) is 60.7 Å². The lowest BCUT2D eigenvalue weighted by Crippen LogP contribution is -2.05. The Balaban J connectivity index is 1.40. The predicted octanol–water partition coefficient (Wildman–Crippen LogP) is 11.2. The Labute approximate surface area is 232 Å². The standard InChI is InChI=1S/C35H41F3O/c1-3-5-6-7-8-9-23-39-33-22-21-31(34(37)35(33)38)28-17-15-27(16-18-28)30-20-19-29(24-32(30)36)26-13-11-25(10-4-2)12-14-26/h13,15-22,24-25H,3-12,14,23H2,1-2H3. The highest BCUT2D eigenvalue weighted by molar-refractivity contribution is 5.74. The van der Waals surface area contributed by atoms with Crippen molar-refractivity contribution in [2.75, 3.05) is 6.61 Å². The van der Waals surface area contributed by atoms with Crippen molar-refractivity contribution in [3.05, 3.63) is 83.7 Å². The summed E-state index contributed by atoms with van der Waals surface area (Å²) in [6, 6.07) is 15.4. The molecule has 1 aliphatic carbocycles. The SMILES string of the molecule is CCCCCCCCOc1ccc(-c2ccc(-c3ccc(C4=CCC(CCC)CC4)cc3F)cc2)c(F)c1F. The fraction of sp³-hybridized carbons (Fsp3) is 0.429. The first kappa shape index (κ1) is 29.0. The number of allylic oxidation sites excluding steroid dienone is 2. The van der Waals surface area contributed by atoms with Crippen molar-refractivity contribution in [1.82, 2.24) is 0 Å². The van der Waals surface area contributed by atoms with Gasteiger partial charge in [0.25, 0.3) is 0 Å². The van der Waals surface area contributed by atoms with E-state index in [1.807, 2.05) is 12.1 Å². The number of hydrogen-bond donors (Lipinski definition) is 0. The summed E-state index contributed by atoms with van der Waals surface area (Å²) in [6.45, 7) is 4.77. The Hall–Kier alpha value is -3.01. The number of halogens is 3. The Kier molecular flexibility index (Phi) is 10.7. The zero-order valence-corrected chi connectivity index (χ0v) is 23.4. The Morgan fingerprint density at radius 3 is 2.05 bits per heavy atom. The molecule has 1 nitrogen and oxygen atoms in total. The summed E-state index contributed by atoms with van der Waals surface area (Å²) in [5.41, 5.74) is 4.05. The van der Waals surface area contributed by atoms with Gasteiger partial charge in [-0.25, -0.2) is 8.78 Å². The third-order valence-electron chi connectivity index (χ3n) is 7.87. The summed E-state index contributed by atoms with van der Waals surface area (Å²) in [5, 5.41) is 0. The van der Waals surface area contributed by atoms with Crippen molar-refractivity contribution in [2.45, 2.75) is 84.5 Å². The summed E-state index contributed by atoms with van der Waals surface area (Å²) in [4.78, 5) is 0. The molecular weight excluding hydrogens is 493 g/mol. The van der Waals surface area contributed by atoms with Crippen LogP contribution in [0.5, 0.6) is 5.75 Å². The van der Waals surface area contributed by atoms with Gasteiger partial charge in [0.1, 0.15) is 5.82 Å². The van der Waals surface area contributed by atoms with Gasteiger partial charge >= 0.3 is 0 Å². The highest BCUT2D eigenvalue weighted by atomic mass is 19.2. The van der Waals surface area contributed by atoms with Gasteiger partial charge in [0.05, 0.1) is 6.61 Å². The highest BCUT2D eigenvalue weighted by Gasteiger charge is 2.18. The Bertz CT molecular complexity index is 1250. The van der Waals surface area contributed by atoms with E-state index in [0.717, 1.165) is 50.0 Å². The van der Waals surface area contributed by atoms with Crippen molar-refractivity contribution in [3.8, 4) is 28.0 Å². The number of rotatable bonds is 13. The number of ether oxygens (including phenoxy) is 1. The number of hydrogen-bond acceptors (Lipinski definition) is 1. The molecule has 4 rings (SSSR count). The zero-order valence-electron chi connectivity index (χ0n) is 23.4. The van der Waals surface area contributed by atoms with Crippen molar-refractivity contribution >= 4 is 5.57 Å². The molecule has 1 atom stereocenters. The lowest BCUT2D eigenvalue weighted by molar-refractivity contribution is 0.285. The molecule has 0 fully saturated rings. The molecular formula is C35H41F3O. The minimum atomic E-state index is -0.970. The maximum Gasteiger partial charge on any atom is 0.201 e. The van der Waals surface area contributed by atoms with E-state index in [4.69, 9.17) is 4.74 Å². The molecule has 1 unspecified atom stereocenters. The second-order valence-corrected chi connectivity index (χ2v) is 10.8. The van der Waals surface area contributed by atoms with E-state index in [1.54, 1.807) is 36.4 Å². The minimum absolute atomic E-state index is 0.0578. The smallest absolute Gasteiger partial charge is 0.201 e. The molecule has 0 spiro atoms. The van der Waals surface area contributed by atoms with Crippen molar-refractivity contribution in [1.29, 1.82) is 0 Å². The largest absolute Gasteiger partial charge is 0.490 e. The normalized spacial score (nSPS) is 15.3. The molecule has 208 valence electrons. The summed E-state index contributed by atoms with van der Waals surface area (Å²) in [6.07, 6.45) is 14.5. The van der Waals surface area contributed by atoms with Gasteiger partial charge in [-0.1, -0.05) is 101 Å². The minimum Gasteiger partial charge on any atom is -0.490 e. The van der Waals surface area contributed by atoms with Gasteiger partial charge in [-0.05, 0) is 72.1 Å². The van der Waals surface area contributed by atoms with Crippen LogP contribution >= 0.6 is 0 Å². The van der Waals surface area contributed by atoms with Crippen LogP contribution in [0, 0.1) is 23.4 Å². The molecule has 3 aromatic carbocycles. The van der Waals surface area contributed by atoms with Gasteiger partial charge in [-0.3, -0.25) is 0 Å². The Morgan fingerprint density at radius 2 is 1.38 bits per heavy atom. The fourth-order valence-corrected chi connectivity index (χ4v) is 5.53. The van der Waals surface area contributed by atoms with Crippen LogP contribution in [0.25, 0.3) is 27.8 Å². The van der Waals surface area contributed by atoms with Crippen molar-refractivity contribution < 1.29 is 17.9 Å². The molecule has 0 heterocycles. The van der Waals surface area contributed by atoms with Crippen LogP contribution < -0.4 is 4.74 Å². The van der Waals surface area contributed by atoms with E-state index in [0.29, 0.717) is 23.3 Å². The number of unbranched alkanes of at least 4 members (excludes halogenated alkanes) is 5. The van der Waals surface area contributed by atoms with E-state index >= 15 is 4.39 Å². The molecule has 39 heavy (non-hydrogen) atoms. The maximum absolute atomic E-state index is 15.1. The maximum atomic E-state index is 15.1. The topological polar surface area (TPSA) is 9.23 Å². The average Bonchev–Trinajstić information content (AvgIpc) is 2.95. The molecule has 0 amide bonds. The fourth-order valence-electron chi connectivity index (χ4n) is 5.53. The summed E-state index contributed by atoms with van der Waals surface area (Å²) >= 11 is 0. The molecule has 0 aromatic heterocycles. The van der Waals surface area contributed by atoms with E-state index in [-0.39, 0.29) is 17.1 Å². The van der Waals surface area contributed by atoms with Crippen molar-refractivity contribution in [3.63, 3.8) is 0 Å². The zero-order chi connectivity index (χ0) is 27.6. The first-order valence-corrected chi connectivity index (χ1v) is 14.7. The second kappa shape index (κ2) is 14.4. The van der Waals surface area contributed by atoms with E-state index in [2.05, 4.69) is 19.9 Å². The molecule has 0 aliphatic heterocycles. The Morgan fingerprint density at radius 1 is 0.718 bits per heavy atom. The first-order chi connectivity index (χ1) is 19.0. The quantitative estimate of drug-likeness (QED) is 0.198. The molecule has 0 saturated heterocycles. The van der Waals surface area contributed by atoms with Gasteiger partial charge in [-0.15, -0.1) is 0 Å². The van der Waals surface area contributed by atoms with Crippen molar-refractivity contribution in [2.24, 2.45) is 5.92 Å².